The van der Waals surface area contributed by atoms with Gasteiger partial charge >= 0.3 is 0 Å². The molecule has 0 aliphatic heterocycles. The van der Waals surface area contributed by atoms with Crippen molar-refractivity contribution >= 4 is 11.8 Å². The molecular formula is C15H10FN3O2. The van der Waals surface area contributed by atoms with Gasteiger partial charge in [-0.05, 0) is 24.3 Å². The van der Waals surface area contributed by atoms with Crippen LogP contribution in [0, 0.1) is 5.82 Å². The molecule has 0 radical (unpaired) electrons. The second-order valence-electron chi connectivity index (χ2n) is 4.23. The lowest BCUT2D eigenvalue weighted by Gasteiger charge is -2.01. The largest absolute Gasteiger partial charge is 0.338 e. The molecule has 1 N–H and O–H groups in total. The number of carbonyl (C=O) groups excluding carboxylic acids is 1. The maximum Gasteiger partial charge on any atom is 0.261 e. The fourth-order valence-corrected chi connectivity index (χ4v) is 1.79. The second-order valence-corrected chi connectivity index (χ2v) is 4.23. The molecule has 0 aliphatic carbocycles. The fraction of sp³-hybridized carbons (Fsp3) is 0. The smallest absolute Gasteiger partial charge is 0.261 e. The van der Waals surface area contributed by atoms with Crippen LogP contribution in [0.1, 0.15) is 10.4 Å². The first-order valence-electron chi connectivity index (χ1n) is 6.18. The van der Waals surface area contributed by atoms with Crippen LogP contribution in [0.25, 0.3) is 11.4 Å². The van der Waals surface area contributed by atoms with E-state index in [1.165, 1.54) is 24.3 Å². The topological polar surface area (TPSA) is 68.0 Å². The van der Waals surface area contributed by atoms with Crippen molar-refractivity contribution in [2.75, 3.05) is 5.32 Å². The Bertz CT molecular complexity index is 771. The number of halogens is 1. The van der Waals surface area contributed by atoms with Crippen LogP contribution in [0.3, 0.4) is 0 Å². The van der Waals surface area contributed by atoms with E-state index in [0.29, 0.717) is 11.4 Å². The van der Waals surface area contributed by atoms with E-state index in [2.05, 4.69) is 15.5 Å². The molecule has 2 heterocycles. The number of benzene rings is 1. The summed E-state index contributed by atoms with van der Waals surface area (Å²) in [7, 11) is 0. The van der Waals surface area contributed by atoms with Gasteiger partial charge in [0.05, 0.1) is 11.3 Å². The molecular weight excluding hydrogens is 273 g/mol. The molecule has 3 aromatic rings. The summed E-state index contributed by atoms with van der Waals surface area (Å²) in [6.07, 6.45) is 1.63. The molecule has 0 atom stereocenters. The van der Waals surface area contributed by atoms with Crippen LogP contribution in [0.5, 0.6) is 0 Å². The molecule has 0 unspecified atom stereocenters. The molecule has 0 saturated carbocycles. The molecule has 0 bridgehead atoms. The number of nitrogens with zero attached hydrogens (tertiary/aromatic N) is 2. The molecule has 0 spiro atoms. The van der Waals surface area contributed by atoms with E-state index in [4.69, 9.17) is 4.52 Å². The molecule has 2 aromatic heterocycles. The zero-order valence-corrected chi connectivity index (χ0v) is 10.8. The minimum atomic E-state index is -0.600. The predicted molar refractivity (Wildman–Crippen MR) is 74.1 cm³/mol. The number of hydrogen-bond donors (Lipinski definition) is 1. The zero-order valence-electron chi connectivity index (χ0n) is 10.8. The molecule has 3 rings (SSSR count). The van der Waals surface area contributed by atoms with Gasteiger partial charge < -0.3 is 4.52 Å². The van der Waals surface area contributed by atoms with Crippen molar-refractivity contribution in [3.8, 4) is 11.4 Å². The highest BCUT2D eigenvalue weighted by atomic mass is 19.1. The van der Waals surface area contributed by atoms with Crippen LogP contribution in [0.2, 0.25) is 0 Å². The number of aromatic nitrogens is 2. The highest BCUT2D eigenvalue weighted by molar-refractivity contribution is 6.03. The average molecular weight is 283 g/mol. The van der Waals surface area contributed by atoms with Crippen molar-refractivity contribution in [2.45, 2.75) is 0 Å². The monoisotopic (exact) mass is 283 g/mol. The number of hydrogen-bond acceptors (Lipinski definition) is 4. The number of carbonyl (C=O) groups is 1. The second kappa shape index (κ2) is 5.54. The Labute approximate surface area is 119 Å². The highest BCUT2D eigenvalue weighted by Crippen LogP contribution is 2.20. The van der Waals surface area contributed by atoms with Gasteiger partial charge in [-0.15, -0.1) is 0 Å². The van der Waals surface area contributed by atoms with Crippen molar-refractivity contribution < 1.29 is 13.7 Å². The number of rotatable bonds is 3. The van der Waals surface area contributed by atoms with E-state index in [-0.39, 0.29) is 11.4 Å². The number of nitrogens with one attached hydrogen (secondary N) is 1. The Balaban J connectivity index is 1.79. The van der Waals surface area contributed by atoms with Crippen molar-refractivity contribution in [1.82, 2.24) is 10.1 Å². The van der Waals surface area contributed by atoms with Gasteiger partial charge in [0.25, 0.3) is 5.91 Å². The number of amides is 1. The van der Waals surface area contributed by atoms with Crippen LogP contribution in [-0.4, -0.2) is 16.0 Å². The minimum absolute atomic E-state index is 0.0618. The molecule has 104 valence electrons. The summed E-state index contributed by atoms with van der Waals surface area (Å²) < 4.78 is 18.5. The first kappa shape index (κ1) is 13.0. The zero-order chi connectivity index (χ0) is 14.7. The third kappa shape index (κ3) is 2.79. The maximum absolute atomic E-state index is 13.5. The molecule has 0 saturated heterocycles. The Kier molecular flexibility index (Phi) is 3.42. The fourth-order valence-electron chi connectivity index (χ4n) is 1.79. The lowest BCUT2D eigenvalue weighted by atomic mass is 10.2. The van der Waals surface area contributed by atoms with E-state index in [1.54, 1.807) is 24.4 Å². The molecule has 0 fully saturated rings. The maximum atomic E-state index is 13.5. The lowest BCUT2D eigenvalue weighted by Crippen LogP contribution is -2.13. The summed E-state index contributed by atoms with van der Waals surface area (Å²) in [6, 6.07) is 12.6. The Morgan fingerprint density at radius 3 is 2.67 bits per heavy atom. The summed E-state index contributed by atoms with van der Waals surface area (Å²) in [6.45, 7) is 0. The first-order chi connectivity index (χ1) is 10.2. The first-order valence-corrected chi connectivity index (χ1v) is 6.18. The minimum Gasteiger partial charge on any atom is -0.338 e. The van der Waals surface area contributed by atoms with E-state index in [1.807, 2.05) is 6.07 Å². The van der Waals surface area contributed by atoms with Gasteiger partial charge in [-0.3, -0.25) is 15.1 Å². The molecule has 0 aliphatic rings. The summed E-state index contributed by atoms with van der Waals surface area (Å²) in [4.78, 5) is 16.0. The van der Waals surface area contributed by atoms with Gasteiger partial charge in [0.2, 0.25) is 5.88 Å². The molecule has 6 heteroatoms. The summed E-state index contributed by atoms with van der Waals surface area (Å²) in [5.41, 5.74) is 1.04. The summed E-state index contributed by atoms with van der Waals surface area (Å²) in [5.74, 6) is -1.07. The van der Waals surface area contributed by atoms with Crippen molar-refractivity contribution in [1.29, 1.82) is 0 Å². The summed E-state index contributed by atoms with van der Waals surface area (Å²) in [5, 5.41) is 6.26. The van der Waals surface area contributed by atoms with Gasteiger partial charge in [0, 0.05) is 12.3 Å². The van der Waals surface area contributed by atoms with Gasteiger partial charge in [-0.25, -0.2) is 4.39 Å². The van der Waals surface area contributed by atoms with Crippen LogP contribution in [0.15, 0.2) is 59.3 Å². The van der Waals surface area contributed by atoms with Gasteiger partial charge in [0.1, 0.15) is 11.5 Å². The Morgan fingerprint density at radius 1 is 1.10 bits per heavy atom. The number of pyridine rings is 1. The average Bonchev–Trinajstić information content (AvgIpc) is 2.97. The van der Waals surface area contributed by atoms with Crippen molar-refractivity contribution in [3.63, 3.8) is 0 Å². The molecule has 1 aromatic carbocycles. The Morgan fingerprint density at radius 2 is 1.90 bits per heavy atom. The van der Waals surface area contributed by atoms with Crippen molar-refractivity contribution in [2.24, 2.45) is 0 Å². The molecule has 21 heavy (non-hydrogen) atoms. The Hall–Kier alpha value is -3.02. The van der Waals surface area contributed by atoms with Gasteiger partial charge in [-0.1, -0.05) is 23.4 Å². The lowest BCUT2D eigenvalue weighted by molar-refractivity contribution is 0.102. The molecule has 5 nitrogen and oxygen atoms in total. The summed E-state index contributed by atoms with van der Waals surface area (Å²) >= 11 is 0. The van der Waals surface area contributed by atoms with E-state index >= 15 is 0 Å². The normalized spacial score (nSPS) is 10.3. The predicted octanol–water partition coefficient (Wildman–Crippen LogP) is 3.13. The van der Waals surface area contributed by atoms with Crippen LogP contribution < -0.4 is 5.32 Å². The van der Waals surface area contributed by atoms with E-state index in [9.17, 15) is 9.18 Å². The third-order valence-corrected chi connectivity index (χ3v) is 2.79. The SMILES string of the molecule is O=C(Nc1cc(-c2ccccn2)no1)c1ccccc1F. The highest BCUT2D eigenvalue weighted by Gasteiger charge is 2.14. The van der Waals surface area contributed by atoms with Crippen LogP contribution in [-0.2, 0) is 0 Å². The van der Waals surface area contributed by atoms with Crippen molar-refractivity contribution in [3.05, 3.63) is 66.1 Å². The van der Waals surface area contributed by atoms with Gasteiger partial charge in [0.15, 0.2) is 0 Å². The van der Waals surface area contributed by atoms with E-state index in [0.717, 1.165) is 0 Å². The number of anilines is 1. The third-order valence-electron chi connectivity index (χ3n) is 2.79. The quantitative estimate of drug-likeness (QED) is 0.801. The standard InChI is InChI=1S/C15H10FN3O2/c16-11-6-2-1-5-10(11)15(20)18-14-9-13(19-21-14)12-7-3-4-8-17-12/h1-9H,(H,18,20). The van der Waals surface area contributed by atoms with E-state index < -0.39 is 11.7 Å². The van der Waals surface area contributed by atoms with Gasteiger partial charge in [-0.2, -0.15) is 0 Å². The molecule has 1 amide bonds. The van der Waals surface area contributed by atoms with Crippen LogP contribution >= 0.6 is 0 Å². The van der Waals surface area contributed by atoms with Crippen LogP contribution in [0.4, 0.5) is 10.3 Å².